The van der Waals surface area contributed by atoms with Gasteiger partial charge >= 0.3 is 0 Å². The Morgan fingerprint density at radius 1 is 1.11 bits per heavy atom. The maximum absolute atomic E-state index is 6.43. The van der Waals surface area contributed by atoms with Crippen LogP contribution in [-0.2, 0) is 0 Å². The maximum Gasteiger partial charge on any atom is 0.0656 e. The molecule has 0 bridgehead atoms. The van der Waals surface area contributed by atoms with E-state index in [4.69, 9.17) is 5.73 Å². The van der Waals surface area contributed by atoms with E-state index in [0.29, 0.717) is 0 Å². The molecule has 3 aromatic rings. The molecule has 2 N–H and O–H groups in total. The van der Waals surface area contributed by atoms with Crippen LogP contribution in [0.4, 0.5) is 0 Å². The highest BCUT2D eigenvalue weighted by Gasteiger charge is 2.14. The summed E-state index contributed by atoms with van der Waals surface area (Å²) in [6.07, 6.45) is 0. The van der Waals surface area contributed by atoms with E-state index in [0.717, 1.165) is 4.47 Å². The van der Waals surface area contributed by atoms with Gasteiger partial charge in [-0.3, -0.25) is 0 Å². The first kappa shape index (κ1) is 13.5. The van der Waals surface area contributed by atoms with Crippen LogP contribution in [0.1, 0.15) is 17.2 Å². The number of hydrogen-bond donors (Lipinski definition) is 1. The van der Waals surface area contributed by atoms with Gasteiger partial charge in [-0.1, -0.05) is 46.3 Å². The molecule has 0 saturated carbocycles. The zero-order valence-corrected chi connectivity index (χ0v) is 14.5. The summed E-state index contributed by atoms with van der Waals surface area (Å²) >= 11 is 7.67. The zero-order valence-electron chi connectivity index (χ0n) is 9.94. The first-order valence-electron chi connectivity index (χ1n) is 5.83. The molecule has 0 amide bonds. The van der Waals surface area contributed by atoms with E-state index >= 15 is 0 Å². The van der Waals surface area contributed by atoms with Gasteiger partial charge in [0, 0.05) is 4.47 Å². The number of halogens is 2. The Bertz CT molecular complexity index is 738. The molecule has 0 saturated heterocycles. The van der Waals surface area contributed by atoms with E-state index < -0.39 is 0 Å². The molecule has 4 heteroatoms. The predicted molar refractivity (Wildman–Crippen MR) is 94.7 cm³/mol. The van der Waals surface area contributed by atoms with Crippen molar-refractivity contribution in [3.05, 3.63) is 66.3 Å². The predicted octanol–water partition coefficient (Wildman–Crippen LogP) is 5.32. The highest BCUT2D eigenvalue weighted by molar-refractivity contribution is 14.1. The van der Waals surface area contributed by atoms with Gasteiger partial charge in [0.15, 0.2) is 0 Å². The standard InChI is InChI=1S/C15H11BrINS/c16-13-6-5-12(10-3-1-2-4-11(10)13)15(18)9-7-14(17)19-8-9/h1-8,15H,18H2. The van der Waals surface area contributed by atoms with Gasteiger partial charge in [-0.15, -0.1) is 11.3 Å². The number of benzene rings is 2. The molecule has 1 atom stereocenters. The molecule has 2 aromatic carbocycles. The summed E-state index contributed by atoms with van der Waals surface area (Å²) in [7, 11) is 0. The largest absolute Gasteiger partial charge is 0.320 e. The number of nitrogens with two attached hydrogens (primary N) is 1. The van der Waals surface area contributed by atoms with E-state index in [1.54, 1.807) is 11.3 Å². The molecular weight excluding hydrogens is 433 g/mol. The van der Waals surface area contributed by atoms with Gasteiger partial charge < -0.3 is 5.73 Å². The summed E-state index contributed by atoms with van der Waals surface area (Å²) in [5.41, 5.74) is 8.79. The van der Waals surface area contributed by atoms with Crippen molar-refractivity contribution in [1.29, 1.82) is 0 Å². The van der Waals surface area contributed by atoms with Gasteiger partial charge in [0.2, 0.25) is 0 Å². The molecule has 1 nitrogen and oxygen atoms in total. The SMILES string of the molecule is NC(c1csc(I)c1)c1ccc(Br)c2ccccc12. The fourth-order valence-electron chi connectivity index (χ4n) is 2.22. The van der Waals surface area contributed by atoms with Gasteiger partial charge in [0.25, 0.3) is 0 Å². The smallest absolute Gasteiger partial charge is 0.0656 e. The van der Waals surface area contributed by atoms with Crippen LogP contribution in [-0.4, -0.2) is 0 Å². The molecule has 96 valence electrons. The van der Waals surface area contributed by atoms with Gasteiger partial charge in [0.05, 0.1) is 8.93 Å². The minimum Gasteiger partial charge on any atom is -0.320 e. The van der Waals surface area contributed by atoms with Crippen LogP contribution in [0.25, 0.3) is 10.8 Å². The Morgan fingerprint density at radius 3 is 2.53 bits per heavy atom. The number of thiophene rings is 1. The Morgan fingerprint density at radius 2 is 1.84 bits per heavy atom. The molecule has 3 rings (SSSR count). The molecule has 0 aliphatic rings. The van der Waals surface area contributed by atoms with Crippen molar-refractivity contribution in [2.24, 2.45) is 5.73 Å². The van der Waals surface area contributed by atoms with E-state index in [2.05, 4.69) is 86.4 Å². The Hall–Kier alpha value is -0.430. The Labute approximate surface area is 138 Å². The van der Waals surface area contributed by atoms with Crippen molar-refractivity contribution < 1.29 is 0 Å². The lowest BCUT2D eigenvalue weighted by Gasteiger charge is -2.14. The first-order valence-corrected chi connectivity index (χ1v) is 8.58. The zero-order chi connectivity index (χ0) is 13.4. The lowest BCUT2D eigenvalue weighted by atomic mass is 9.96. The molecule has 0 radical (unpaired) electrons. The second-order valence-corrected chi connectivity index (χ2v) is 8.00. The molecule has 1 unspecified atom stereocenters. The highest BCUT2D eigenvalue weighted by atomic mass is 127. The van der Waals surface area contributed by atoms with Gasteiger partial charge in [-0.05, 0) is 62.0 Å². The quantitative estimate of drug-likeness (QED) is 0.533. The maximum atomic E-state index is 6.43. The second kappa shape index (κ2) is 5.52. The van der Waals surface area contributed by atoms with Crippen LogP contribution in [0.15, 0.2) is 52.3 Å². The molecule has 0 aliphatic heterocycles. The summed E-state index contributed by atoms with van der Waals surface area (Å²) < 4.78 is 2.38. The molecule has 19 heavy (non-hydrogen) atoms. The van der Waals surface area contributed by atoms with Crippen LogP contribution in [0.3, 0.4) is 0 Å². The van der Waals surface area contributed by atoms with E-state index in [9.17, 15) is 0 Å². The van der Waals surface area contributed by atoms with Crippen LogP contribution in [0, 0.1) is 2.88 Å². The normalized spacial score (nSPS) is 12.8. The lowest BCUT2D eigenvalue weighted by molar-refractivity contribution is 0.886. The number of hydrogen-bond acceptors (Lipinski definition) is 2. The number of fused-ring (bicyclic) bond motifs is 1. The third-order valence-corrected chi connectivity index (χ3v) is 5.69. The van der Waals surface area contributed by atoms with E-state index in [1.165, 1.54) is 24.8 Å². The Balaban J connectivity index is 2.18. The lowest BCUT2D eigenvalue weighted by Crippen LogP contribution is -2.11. The first-order chi connectivity index (χ1) is 9.16. The molecule has 0 spiro atoms. The second-order valence-electron chi connectivity index (χ2n) is 4.34. The van der Waals surface area contributed by atoms with Crippen LogP contribution < -0.4 is 5.73 Å². The summed E-state index contributed by atoms with van der Waals surface area (Å²) in [5.74, 6) is 0. The van der Waals surface area contributed by atoms with Gasteiger partial charge in [-0.2, -0.15) is 0 Å². The van der Waals surface area contributed by atoms with Crippen molar-refractivity contribution >= 4 is 60.6 Å². The van der Waals surface area contributed by atoms with Crippen LogP contribution in [0.2, 0.25) is 0 Å². The molecule has 1 aromatic heterocycles. The Kier molecular flexibility index (Phi) is 3.93. The van der Waals surface area contributed by atoms with E-state index in [-0.39, 0.29) is 6.04 Å². The van der Waals surface area contributed by atoms with Crippen molar-refractivity contribution in [1.82, 2.24) is 0 Å². The van der Waals surface area contributed by atoms with Crippen molar-refractivity contribution in [3.63, 3.8) is 0 Å². The van der Waals surface area contributed by atoms with Crippen molar-refractivity contribution in [3.8, 4) is 0 Å². The molecule has 0 aliphatic carbocycles. The van der Waals surface area contributed by atoms with Crippen molar-refractivity contribution in [2.75, 3.05) is 0 Å². The highest BCUT2D eigenvalue weighted by Crippen LogP contribution is 2.33. The molecule has 0 fully saturated rings. The average Bonchev–Trinajstić information content (AvgIpc) is 2.86. The average molecular weight is 444 g/mol. The summed E-state index contributed by atoms with van der Waals surface area (Å²) in [4.78, 5) is 0. The van der Waals surface area contributed by atoms with Crippen LogP contribution >= 0.6 is 49.9 Å². The van der Waals surface area contributed by atoms with Gasteiger partial charge in [0.1, 0.15) is 0 Å². The van der Waals surface area contributed by atoms with Crippen molar-refractivity contribution in [2.45, 2.75) is 6.04 Å². The topological polar surface area (TPSA) is 26.0 Å². The summed E-state index contributed by atoms with van der Waals surface area (Å²) in [6.45, 7) is 0. The van der Waals surface area contributed by atoms with Gasteiger partial charge in [-0.25, -0.2) is 0 Å². The fraction of sp³-hybridized carbons (Fsp3) is 0.0667. The van der Waals surface area contributed by atoms with E-state index in [1.807, 2.05) is 0 Å². The third kappa shape index (κ3) is 2.59. The minimum absolute atomic E-state index is 0.0715. The summed E-state index contributed by atoms with van der Waals surface area (Å²) in [6, 6.07) is 14.6. The summed E-state index contributed by atoms with van der Waals surface area (Å²) in [5, 5.41) is 4.56. The molecule has 1 heterocycles. The monoisotopic (exact) mass is 443 g/mol. The minimum atomic E-state index is -0.0715. The number of rotatable bonds is 2. The third-order valence-electron chi connectivity index (χ3n) is 3.19. The molecular formula is C15H11BrINS. The fourth-order valence-corrected chi connectivity index (χ4v) is 4.11. The van der Waals surface area contributed by atoms with Crippen LogP contribution in [0.5, 0.6) is 0 Å².